The van der Waals surface area contributed by atoms with Gasteiger partial charge in [-0.25, -0.2) is 0 Å². The molecule has 0 aliphatic heterocycles. The topological polar surface area (TPSA) is 20.2 Å². The molecule has 0 spiro atoms. The van der Waals surface area contributed by atoms with Crippen molar-refractivity contribution in [2.75, 3.05) is 25.2 Å². The predicted octanol–water partition coefficient (Wildman–Crippen LogP) is 2.53. The van der Waals surface area contributed by atoms with Gasteiger partial charge in [0.15, 0.2) is 0 Å². The van der Waals surface area contributed by atoms with Crippen LogP contribution in [-0.4, -0.2) is 30.0 Å². The Hall–Kier alpha value is 0.390. The molecule has 1 N–H and O–H groups in total. The van der Waals surface area contributed by atoms with E-state index in [1.807, 2.05) is 0 Å². The molecule has 0 bridgehead atoms. The first kappa shape index (κ1) is 10.4. The van der Waals surface area contributed by atoms with Crippen LogP contribution < -0.4 is 0 Å². The van der Waals surface area contributed by atoms with Gasteiger partial charge in [-0.05, 0) is 0 Å². The van der Waals surface area contributed by atoms with Crippen molar-refractivity contribution in [1.29, 1.82) is 0 Å². The van der Waals surface area contributed by atoms with E-state index in [1.54, 1.807) is 0 Å². The summed E-state index contributed by atoms with van der Waals surface area (Å²) < 4.78 is 0. The van der Waals surface area contributed by atoms with E-state index in [0.29, 0.717) is 0 Å². The molecule has 0 heterocycles. The first-order valence-corrected chi connectivity index (χ1v) is 7.41. The molecular weight excluding hydrogens is 143 g/mol. The average molecular weight is 164 g/mol. The Morgan fingerprint density at radius 1 is 1.10 bits per heavy atom. The Labute approximate surface area is 64.8 Å². The third-order valence-corrected chi connectivity index (χ3v) is 8.02. The van der Waals surface area contributed by atoms with Crippen LogP contribution in [0.4, 0.5) is 0 Å². The van der Waals surface area contributed by atoms with E-state index in [4.69, 9.17) is 0 Å². The van der Waals surface area contributed by atoms with Crippen molar-refractivity contribution in [3.63, 3.8) is 0 Å². The molecule has 2 heteroatoms. The molecule has 0 atom stereocenters. The zero-order valence-corrected chi connectivity index (χ0v) is 8.62. The van der Waals surface area contributed by atoms with Crippen LogP contribution in [0.2, 0.25) is 0 Å². The van der Waals surface area contributed by atoms with Gasteiger partial charge in [0.05, 0.1) is 0 Å². The fourth-order valence-electron chi connectivity index (χ4n) is 1.18. The zero-order valence-electron chi connectivity index (χ0n) is 7.72. The third-order valence-electron chi connectivity index (χ3n) is 2.67. The van der Waals surface area contributed by atoms with Crippen LogP contribution in [0.1, 0.15) is 27.2 Å². The van der Waals surface area contributed by atoms with Gasteiger partial charge < -0.3 is 0 Å². The molecule has 64 valence electrons. The van der Waals surface area contributed by atoms with Crippen molar-refractivity contribution in [1.82, 2.24) is 0 Å². The molecule has 0 aliphatic rings. The Kier molecular flexibility index (Phi) is 3.32. The summed E-state index contributed by atoms with van der Waals surface area (Å²) in [5.41, 5.74) is 0. The summed E-state index contributed by atoms with van der Waals surface area (Å²) in [6.07, 6.45) is 4.12. The first-order chi connectivity index (χ1) is 4.46. The van der Waals surface area contributed by atoms with E-state index in [0.717, 1.165) is 24.9 Å². The second kappa shape index (κ2) is 3.19. The van der Waals surface area contributed by atoms with E-state index in [1.165, 1.54) is 0 Å². The Morgan fingerprint density at radius 2 is 1.50 bits per heavy atom. The predicted molar refractivity (Wildman–Crippen MR) is 51.3 cm³/mol. The summed E-state index contributed by atoms with van der Waals surface area (Å²) in [6, 6.07) is 0. The quantitative estimate of drug-likeness (QED) is 0.633. The van der Waals surface area contributed by atoms with Gasteiger partial charge in [0.25, 0.3) is 0 Å². The van der Waals surface area contributed by atoms with Crippen LogP contribution in [0.5, 0.6) is 0 Å². The maximum absolute atomic E-state index is 10.2. The van der Waals surface area contributed by atoms with E-state index >= 15 is 0 Å². The van der Waals surface area contributed by atoms with Gasteiger partial charge in [-0.2, -0.15) is 0 Å². The molecule has 0 amide bonds. The van der Waals surface area contributed by atoms with Gasteiger partial charge in [0, 0.05) is 0 Å². The molecule has 0 unspecified atom stereocenters. The van der Waals surface area contributed by atoms with Crippen molar-refractivity contribution >= 4 is 6.83 Å². The molecule has 0 rings (SSSR count). The molecule has 0 aliphatic carbocycles. The number of rotatable bonds is 4. The molecule has 0 saturated carbocycles. The monoisotopic (exact) mass is 164 g/mol. The van der Waals surface area contributed by atoms with Crippen LogP contribution in [0, 0.1) is 0 Å². The summed E-state index contributed by atoms with van der Waals surface area (Å²) in [5.74, 6) is 0. The summed E-state index contributed by atoms with van der Waals surface area (Å²) in [6.45, 7) is 6.30. The summed E-state index contributed by atoms with van der Waals surface area (Å²) >= 11 is 0. The fraction of sp³-hybridized carbons (Fsp3) is 1.00. The van der Waals surface area contributed by atoms with Gasteiger partial charge in [0.1, 0.15) is 0 Å². The van der Waals surface area contributed by atoms with Crippen LogP contribution in [0.25, 0.3) is 0 Å². The standard InChI is InChI=1S/C8H21OP/c1-5-8-10(4,9,6-2)7-3/h9H,5-8H2,1-4H3. The molecule has 0 aromatic carbocycles. The van der Waals surface area contributed by atoms with Gasteiger partial charge in [-0.3, -0.25) is 0 Å². The molecule has 1 nitrogen and oxygen atoms in total. The summed E-state index contributed by atoms with van der Waals surface area (Å²) in [5, 5.41) is 0. The Bertz CT molecular complexity index is 102. The minimum atomic E-state index is -2.16. The van der Waals surface area contributed by atoms with E-state index in [9.17, 15) is 4.89 Å². The summed E-state index contributed by atoms with van der Waals surface area (Å²) in [4.78, 5) is 10.2. The SMILES string of the molecule is CCCP(C)(O)(CC)CC. The molecule has 0 radical (unpaired) electrons. The summed E-state index contributed by atoms with van der Waals surface area (Å²) in [7, 11) is 0. The molecule has 0 saturated heterocycles. The van der Waals surface area contributed by atoms with Crippen molar-refractivity contribution in [3.05, 3.63) is 0 Å². The third kappa shape index (κ3) is 2.56. The van der Waals surface area contributed by atoms with E-state index in [-0.39, 0.29) is 0 Å². The second-order valence-corrected chi connectivity index (χ2v) is 9.80. The molecule has 0 fully saturated rings. The second-order valence-electron chi connectivity index (χ2n) is 3.60. The van der Waals surface area contributed by atoms with Crippen LogP contribution in [-0.2, 0) is 0 Å². The first-order valence-electron chi connectivity index (χ1n) is 4.22. The van der Waals surface area contributed by atoms with Crippen molar-refractivity contribution in [3.8, 4) is 0 Å². The average Bonchev–Trinajstić information content (AvgIpc) is 1.90. The minimum absolute atomic E-state index is 0.982. The van der Waals surface area contributed by atoms with Gasteiger partial charge in [0.2, 0.25) is 0 Å². The zero-order chi connectivity index (χ0) is 8.28. The van der Waals surface area contributed by atoms with Gasteiger partial charge in [-0.1, -0.05) is 0 Å². The number of hydrogen-bond donors (Lipinski definition) is 1. The molecule has 0 aromatic heterocycles. The maximum atomic E-state index is 10.2. The van der Waals surface area contributed by atoms with Gasteiger partial charge >= 0.3 is 64.1 Å². The Morgan fingerprint density at radius 3 is 1.60 bits per heavy atom. The van der Waals surface area contributed by atoms with Crippen LogP contribution >= 0.6 is 6.83 Å². The molecule has 0 aromatic rings. The fourth-order valence-corrected chi connectivity index (χ4v) is 3.54. The van der Waals surface area contributed by atoms with Gasteiger partial charge in [-0.15, -0.1) is 0 Å². The van der Waals surface area contributed by atoms with Crippen molar-refractivity contribution < 1.29 is 4.89 Å². The van der Waals surface area contributed by atoms with E-state index < -0.39 is 6.83 Å². The van der Waals surface area contributed by atoms with E-state index in [2.05, 4.69) is 27.4 Å². The van der Waals surface area contributed by atoms with Crippen molar-refractivity contribution in [2.24, 2.45) is 0 Å². The van der Waals surface area contributed by atoms with Crippen LogP contribution in [0.15, 0.2) is 0 Å². The molecular formula is C8H21OP. The Balaban J connectivity index is 4.19. The normalized spacial score (nSPS) is 16.3. The number of hydrogen-bond acceptors (Lipinski definition) is 1. The van der Waals surface area contributed by atoms with Crippen LogP contribution in [0.3, 0.4) is 0 Å². The molecule has 10 heavy (non-hydrogen) atoms. The van der Waals surface area contributed by atoms with Crippen molar-refractivity contribution in [2.45, 2.75) is 27.2 Å².